The van der Waals surface area contributed by atoms with Gasteiger partial charge in [0.05, 0.1) is 0 Å². The highest BCUT2D eigenvalue weighted by Gasteiger charge is 2.18. The van der Waals surface area contributed by atoms with Gasteiger partial charge in [0.25, 0.3) is 5.91 Å². The Balaban J connectivity index is 1.59. The Bertz CT molecular complexity index is 997. The van der Waals surface area contributed by atoms with E-state index in [1.807, 2.05) is 51.1 Å². The van der Waals surface area contributed by atoms with E-state index < -0.39 is 11.8 Å². The number of benzene rings is 2. The van der Waals surface area contributed by atoms with E-state index in [0.717, 1.165) is 27.6 Å². The van der Waals surface area contributed by atoms with Gasteiger partial charge in [-0.2, -0.15) is 0 Å². The Labute approximate surface area is 157 Å². The Morgan fingerprint density at radius 1 is 1.00 bits per heavy atom. The average Bonchev–Trinajstić information content (AvgIpc) is 2.96. The molecule has 0 aliphatic carbocycles. The molecule has 6 heteroatoms. The lowest BCUT2D eigenvalue weighted by Gasteiger charge is -2.13. The highest BCUT2D eigenvalue weighted by atomic mass is 16.5. The van der Waals surface area contributed by atoms with Crippen LogP contribution in [0.15, 0.2) is 40.8 Å². The second kappa shape index (κ2) is 7.53. The zero-order valence-electron chi connectivity index (χ0n) is 15.8. The molecular weight excluding hydrogens is 344 g/mol. The number of amides is 2. The first kappa shape index (κ1) is 18.5. The molecule has 0 atom stereocenters. The van der Waals surface area contributed by atoms with Crippen molar-refractivity contribution in [3.05, 3.63) is 64.4 Å². The van der Waals surface area contributed by atoms with Gasteiger partial charge in [0, 0.05) is 10.9 Å². The predicted octanol–water partition coefficient (Wildman–Crippen LogP) is 3.51. The quantitative estimate of drug-likeness (QED) is 0.693. The Morgan fingerprint density at radius 2 is 1.67 bits per heavy atom. The standard InChI is InChI=1S/C21H22N2O4/c1-12-9-13(2)19(14(3)10-12)26-11-18(24)22-23-21(25)20-15(4)16-7-5-6-8-17(16)27-20/h5-10H,11H2,1-4H3,(H,22,24)(H,23,25). The summed E-state index contributed by atoms with van der Waals surface area (Å²) < 4.78 is 11.2. The van der Waals surface area contributed by atoms with Crippen LogP contribution in [0.4, 0.5) is 0 Å². The number of para-hydroxylation sites is 1. The maximum Gasteiger partial charge on any atom is 0.305 e. The summed E-state index contributed by atoms with van der Waals surface area (Å²) in [4.78, 5) is 24.3. The van der Waals surface area contributed by atoms with Crippen LogP contribution in [-0.2, 0) is 4.79 Å². The van der Waals surface area contributed by atoms with Crippen LogP contribution >= 0.6 is 0 Å². The normalized spacial score (nSPS) is 10.7. The van der Waals surface area contributed by atoms with Crippen molar-refractivity contribution in [2.45, 2.75) is 27.7 Å². The smallest absolute Gasteiger partial charge is 0.305 e. The third-order valence-electron chi connectivity index (χ3n) is 4.32. The summed E-state index contributed by atoms with van der Waals surface area (Å²) in [7, 11) is 0. The van der Waals surface area contributed by atoms with Crippen LogP contribution in [0.1, 0.15) is 32.8 Å². The largest absolute Gasteiger partial charge is 0.483 e. The first-order valence-electron chi connectivity index (χ1n) is 8.64. The Kier molecular flexibility index (Phi) is 5.16. The van der Waals surface area contributed by atoms with E-state index in [0.29, 0.717) is 11.3 Å². The van der Waals surface area contributed by atoms with Crippen LogP contribution in [0.5, 0.6) is 5.75 Å². The molecule has 0 spiro atoms. The molecule has 140 valence electrons. The minimum Gasteiger partial charge on any atom is -0.483 e. The van der Waals surface area contributed by atoms with Crippen molar-refractivity contribution < 1.29 is 18.7 Å². The van der Waals surface area contributed by atoms with Gasteiger partial charge in [0.2, 0.25) is 0 Å². The van der Waals surface area contributed by atoms with Gasteiger partial charge in [-0.1, -0.05) is 35.9 Å². The lowest BCUT2D eigenvalue weighted by atomic mass is 10.1. The summed E-state index contributed by atoms with van der Waals surface area (Å²) in [5.41, 5.74) is 9.11. The second-order valence-corrected chi connectivity index (χ2v) is 6.57. The van der Waals surface area contributed by atoms with Crippen molar-refractivity contribution in [3.63, 3.8) is 0 Å². The van der Waals surface area contributed by atoms with E-state index in [-0.39, 0.29) is 12.4 Å². The minimum atomic E-state index is -0.514. The van der Waals surface area contributed by atoms with Crippen LogP contribution in [0.25, 0.3) is 11.0 Å². The molecular formula is C21H22N2O4. The molecule has 2 N–H and O–H groups in total. The average molecular weight is 366 g/mol. The van der Waals surface area contributed by atoms with Gasteiger partial charge in [-0.3, -0.25) is 20.4 Å². The third kappa shape index (κ3) is 3.95. The lowest BCUT2D eigenvalue weighted by molar-refractivity contribution is -0.123. The molecule has 1 aromatic heterocycles. The third-order valence-corrected chi connectivity index (χ3v) is 4.32. The number of carbonyl (C=O) groups excluding carboxylic acids is 2. The summed E-state index contributed by atoms with van der Waals surface area (Å²) >= 11 is 0. The Morgan fingerprint density at radius 3 is 2.33 bits per heavy atom. The monoisotopic (exact) mass is 366 g/mol. The van der Waals surface area contributed by atoms with Gasteiger partial charge < -0.3 is 9.15 Å². The van der Waals surface area contributed by atoms with E-state index in [4.69, 9.17) is 9.15 Å². The zero-order valence-corrected chi connectivity index (χ0v) is 15.8. The number of carbonyl (C=O) groups is 2. The van der Waals surface area contributed by atoms with Crippen molar-refractivity contribution in [2.24, 2.45) is 0 Å². The van der Waals surface area contributed by atoms with Crippen LogP contribution in [-0.4, -0.2) is 18.4 Å². The molecule has 0 bridgehead atoms. The fraction of sp³-hybridized carbons (Fsp3) is 0.238. The van der Waals surface area contributed by atoms with Crippen molar-refractivity contribution in [2.75, 3.05) is 6.61 Å². The number of hydrogen-bond donors (Lipinski definition) is 2. The molecule has 1 heterocycles. The van der Waals surface area contributed by atoms with Gasteiger partial charge >= 0.3 is 5.91 Å². The molecule has 0 radical (unpaired) electrons. The van der Waals surface area contributed by atoms with E-state index >= 15 is 0 Å². The molecule has 0 unspecified atom stereocenters. The number of hydrazine groups is 1. The zero-order chi connectivity index (χ0) is 19.6. The maximum atomic E-state index is 12.3. The van der Waals surface area contributed by atoms with Crippen LogP contribution in [0, 0.1) is 27.7 Å². The molecule has 0 aliphatic rings. The van der Waals surface area contributed by atoms with Gasteiger partial charge in [-0.05, 0) is 44.9 Å². The SMILES string of the molecule is Cc1cc(C)c(OCC(=O)NNC(=O)c2oc3ccccc3c2C)c(C)c1. The first-order chi connectivity index (χ1) is 12.9. The van der Waals surface area contributed by atoms with Crippen LogP contribution in [0.2, 0.25) is 0 Å². The molecule has 2 aromatic carbocycles. The number of nitrogens with one attached hydrogen (secondary N) is 2. The predicted molar refractivity (Wildman–Crippen MR) is 103 cm³/mol. The van der Waals surface area contributed by atoms with Crippen molar-refractivity contribution >= 4 is 22.8 Å². The van der Waals surface area contributed by atoms with E-state index in [1.165, 1.54) is 0 Å². The number of furan rings is 1. The molecule has 0 fully saturated rings. The summed E-state index contributed by atoms with van der Waals surface area (Å²) in [6, 6.07) is 11.4. The molecule has 3 rings (SSSR count). The van der Waals surface area contributed by atoms with Crippen molar-refractivity contribution in [1.82, 2.24) is 10.9 Å². The number of hydrogen-bond acceptors (Lipinski definition) is 4. The summed E-state index contributed by atoms with van der Waals surface area (Å²) in [5, 5.41) is 0.864. The highest BCUT2D eigenvalue weighted by molar-refractivity contribution is 5.99. The maximum absolute atomic E-state index is 12.3. The van der Waals surface area contributed by atoms with Gasteiger partial charge in [-0.15, -0.1) is 0 Å². The number of aryl methyl sites for hydroxylation is 4. The minimum absolute atomic E-state index is 0.169. The fourth-order valence-electron chi connectivity index (χ4n) is 3.14. The number of ether oxygens (including phenoxy) is 1. The van der Waals surface area contributed by atoms with Gasteiger partial charge in [0.15, 0.2) is 12.4 Å². The van der Waals surface area contributed by atoms with E-state index in [1.54, 1.807) is 13.0 Å². The van der Waals surface area contributed by atoms with Crippen LogP contribution in [0.3, 0.4) is 0 Å². The fourth-order valence-corrected chi connectivity index (χ4v) is 3.14. The molecule has 27 heavy (non-hydrogen) atoms. The number of fused-ring (bicyclic) bond motifs is 1. The summed E-state index contributed by atoms with van der Waals surface area (Å²) in [6.45, 7) is 7.46. The topological polar surface area (TPSA) is 80.6 Å². The van der Waals surface area contributed by atoms with Gasteiger partial charge in [-0.25, -0.2) is 0 Å². The highest BCUT2D eigenvalue weighted by Crippen LogP contribution is 2.25. The van der Waals surface area contributed by atoms with Crippen molar-refractivity contribution in [1.29, 1.82) is 0 Å². The first-order valence-corrected chi connectivity index (χ1v) is 8.64. The van der Waals surface area contributed by atoms with Crippen molar-refractivity contribution in [3.8, 4) is 5.75 Å². The summed E-state index contributed by atoms with van der Waals surface area (Å²) in [6.07, 6.45) is 0. The second-order valence-electron chi connectivity index (χ2n) is 6.57. The van der Waals surface area contributed by atoms with Crippen LogP contribution < -0.4 is 15.6 Å². The van der Waals surface area contributed by atoms with E-state index in [2.05, 4.69) is 10.9 Å². The number of rotatable bonds is 4. The molecule has 0 aliphatic heterocycles. The molecule has 3 aromatic rings. The summed E-state index contributed by atoms with van der Waals surface area (Å²) in [5.74, 6) is -0.130. The molecule has 0 saturated heterocycles. The molecule has 0 saturated carbocycles. The molecule has 2 amide bonds. The lowest BCUT2D eigenvalue weighted by Crippen LogP contribution is -2.44. The van der Waals surface area contributed by atoms with E-state index in [9.17, 15) is 9.59 Å². The molecule has 6 nitrogen and oxygen atoms in total. The Hall–Kier alpha value is -3.28. The van der Waals surface area contributed by atoms with Gasteiger partial charge in [0.1, 0.15) is 11.3 Å².